The van der Waals surface area contributed by atoms with Gasteiger partial charge in [-0.25, -0.2) is 4.98 Å². The topological polar surface area (TPSA) is 81.1 Å². The third-order valence-corrected chi connectivity index (χ3v) is 1.64. The monoisotopic (exact) mass is 183 g/mol. The van der Waals surface area contributed by atoms with E-state index < -0.39 is 0 Å². The van der Waals surface area contributed by atoms with E-state index in [2.05, 4.69) is 10.3 Å². The minimum Gasteiger partial charge on any atom is -0.441 e. The smallest absolute Gasteiger partial charge is 0.307 e. The summed E-state index contributed by atoms with van der Waals surface area (Å²) < 4.78 is 4.81. The van der Waals surface area contributed by atoms with E-state index in [1.807, 2.05) is 6.92 Å². The fourth-order valence-electron chi connectivity index (χ4n) is 0.761. The van der Waals surface area contributed by atoms with E-state index >= 15 is 0 Å². The number of nitrogens with one attached hydrogen (secondary N) is 1. The Morgan fingerprint density at radius 2 is 2.62 bits per heavy atom. The molecule has 3 N–H and O–H groups in total. The first-order valence-electron chi connectivity index (χ1n) is 4.11. The summed E-state index contributed by atoms with van der Waals surface area (Å²) in [7, 11) is 0. The number of oxazole rings is 1. The molecule has 0 spiro atoms. The molecule has 1 heterocycles. The molecule has 1 unspecified atom stereocenters. The van der Waals surface area contributed by atoms with Crippen LogP contribution in [-0.2, 0) is 0 Å². The maximum Gasteiger partial charge on any atom is 0.307 e. The predicted molar refractivity (Wildman–Crippen MR) is 47.1 cm³/mol. The van der Waals surface area contributed by atoms with Crippen LogP contribution in [0.3, 0.4) is 0 Å². The van der Waals surface area contributed by atoms with Gasteiger partial charge in [-0.15, -0.1) is 0 Å². The molecule has 0 aliphatic heterocycles. The number of amides is 1. The SMILES string of the molecule is CC(CN)CNC(=O)c1ncco1. The summed E-state index contributed by atoms with van der Waals surface area (Å²) in [6.07, 6.45) is 2.79. The van der Waals surface area contributed by atoms with Gasteiger partial charge in [0.15, 0.2) is 0 Å². The Bertz CT molecular complexity index is 258. The van der Waals surface area contributed by atoms with Crippen molar-refractivity contribution in [1.29, 1.82) is 0 Å². The van der Waals surface area contributed by atoms with Gasteiger partial charge in [0.1, 0.15) is 6.26 Å². The quantitative estimate of drug-likeness (QED) is 0.688. The van der Waals surface area contributed by atoms with Crippen molar-refractivity contribution in [3.05, 3.63) is 18.4 Å². The van der Waals surface area contributed by atoms with Crippen molar-refractivity contribution >= 4 is 5.91 Å². The Morgan fingerprint density at radius 3 is 3.15 bits per heavy atom. The van der Waals surface area contributed by atoms with Gasteiger partial charge in [0.2, 0.25) is 0 Å². The third kappa shape index (κ3) is 2.87. The Labute approximate surface area is 76.3 Å². The summed E-state index contributed by atoms with van der Waals surface area (Å²) in [4.78, 5) is 14.9. The van der Waals surface area contributed by atoms with E-state index in [0.29, 0.717) is 13.1 Å². The van der Waals surface area contributed by atoms with E-state index in [9.17, 15) is 4.79 Å². The van der Waals surface area contributed by atoms with Gasteiger partial charge in [-0.05, 0) is 12.5 Å². The highest BCUT2D eigenvalue weighted by Gasteiger charge is 2.10. The maximum atomic E-state index is 11.2. The maximum absolute atomic E-state index is 11.2. The molecule has 1 aromatic heterocycles. The normalized spacial score (nSPS) is 12.5. The minimum atomic E-state index is -0.301. The van der Waals surface area contributed by atoms with Crippen LogP contribution in [-0.4, -0.2) is 24.0 Å². The van der Waals surface area contributed by atoms with E-state index in [1.165, 1.54) is 12.5 Å². The summed E-state index contributed by atoms with van der Waals surface area (Å²) in [5.41, 5.74) is 5.39. The number of rotatable bonds is 4. The fourth-order valence-corrected chi connectivity index (χ4v) is 0.761. The lowest BCUT2D eigenvalue weighted by molar-refractivity contribution is 0.0914. The number of hydrogen-bond donors (Lipinski definition) is 2. The molecule has 1 amide bonds. The second kappa shape index (κ2) is 4.61. The molecule has 0 aliphatic rings. The molecule has 1 aromatic rings. The number of hydrogen-bond acceptors (Lipinski definition) is 4. The van der Waals surface area contributed by atoms with Crippen LogP contribution in [0.1, 0.15) is 17.6 Å². The van der Waals surface area contributed by atoms with Gasteiger partial charge in [-0.2, -0.15) is 0 Å². The summed E-state index contributed by atoms with van der Waals surface area (Å²) in [6, 6.07) is 0. The van der Waals surface area contributed by atoms with E-state index in [0.717, 1.165) is 0 Å². The van der Waals surface area contributed by atoms with E-state index in [1.54, 1.807) is 0 Å². The van der Waals surface area contributed by atoms with Crippen LogP contribution in [0.5, 0.6) is 0 Å². The number of carbonyl (C=O) groups is 1. The third-order valence-electron chi connectivity index (χ3n) is 1.64. The molecule has 0 saturated carbocycles. The summed E-state index contributed by atoms with van der Waals surface area (Å²) >= 11 is 0. The lowest BCUT2D eigenvalue weighted by Crippen LogP contribution is -2.31. The predicted octanol–water partition coefficient (Wildman–Crippen LogP) is -0.000800. The van der Waals surface area contributed by atoms with Gasteiger partial charge < -0.3 is 15.5 Å². The van der Waals surface area contributed by atoms with Crippen LogP contribution in [0.15, 0.2) is 16.9 Å². The zero-order valence-electron chi connectivity index (χ0n) is 7.49. The number of aromatic nitrogens is 1. The molecule has 5 heteroatoms. The summed E-state index contributed by atoms with van der Waals surface area (Å²) in [6.45, 7) is 3.04. The first-order valence-corrected chi connectivity index (χ1v) is 4.11. The van der Waals surface area contributed by atoms with Crippen molar-refractivity contribution in [2.24, 2.45) is 11.7 Å². The first-order chi connectivity index (χ1) is 6.24. The van der Waals surface area contributed by atoms with Crippen LogP contribution in [0, 0.1) is 5.92 Å². The molecule has 5 nitrogen and oxygen atoms in total. The molecular formula is C8H13N3O2. The second-order valence-corrected chi connectivity index (χ2v) is 2.89. The number of nitrogens with two attached hydrogens (primary N) is 1. The molecule has 0 radical (unpaired) electrons. The molecular weight excluding hydrogens is 170 g/mol. The van der Waals surface area contributed by atoms with Crippen molar-refractivity contribution in [2.45, 2.75) is 6.92 Å². The highest BCUT2D eigenvalue weighted by atomic mass is 16.3. The number of carbonyl (C=O) groups excluding carboxylic acids is 1. The zero-order chi connectivity index (χ0) is 9.68. The molecule has 0 saturated heterocycles. The number of nitrogens with zero attached hydrogens (tertiary/aromatic N) is 1. The van der Waals surface area contributed by atoms with Crippen LogP contribution >= 0.6 is 0 Å². The van der Waals surface area contributed by atoms with Crippen molar-refractivity contribution < 1.29 is 9.21 Å². The van der Waals surface area contributed by atoms with Crippen LogP contribution < -0.4 is 11.1 Å². The summed E-state index contributed by atoms with van der Waals surface area (Å²) in [5, 5.41) is 2.66. The molecule has 0 bridgehead atoms. The van der Waals surface area contributed by atoms with Crippen molar-refractivity contribution in [3.8, 4) is 0 Å². The van der Waals surface area contributed by atoms with Gasteiger partial charge in [-0.1, -0.05) is 6.92 Å². The average Bonchev–Trinajstić information content (AvgIpc) is 2.66. The first kappa shape index (κ1) is 9.73. The van der Waals surface area contributed by atoms with Crippen LogP contribution in [0.2, 0.25) is 0 Å². The Balaban J connectivity index is 2.35. The van der Waals surface area contributed by atoms with Gasteiger partial charge in [0, 0.05) is 6.54 Å². The van der Waals surface area contributed by atoms with Crippen molar-refractivity contribution in [1.82, 2.24) is 10.3 Å². The zero-order valence-corrected chi connectivity index (χ0v) is 7.49. The average molecular weight is 183 g/mol. The van der Waals surface area contributed by atoms with Crippen molar-refractivity contribution in [2.75, 3.05) is 13.1 Å². The van der Waals surface area contributed by atoms with Crippen LogP contribution in [0.25, 0.3) is 0 Å². The lowest BCUT2D eigenvalue weighted by atomic mass is 10.2. The standard InChI is InChI=1S/C8H13N3O2/c1-6(4-9)5-11-7(12)8-10-2-3-13-8/h2-3,6H,4-5,9H2,1H3,(H,11,12). The minimum absolute atomic E-state index is 0.0872. The van der Waals surface area contributed by atoms with Gasteiger partial charge in [-0.3, -0.25) is 4.79 Å². The Hall–Kier alpha value is -1.36. The highest BCUT2D eigenvalue weighted by Crippen LogP contribution is 1.94. The Morgan fingerprint density at radius 1 is 1.85 bits per heavy atom. The second-order valence-electron chi connectivity index (χ2n) is 2.89. The van der Waals surface area contributed by atoms with Gasteiger partial charge >= 0.3 is 5.91 Å². The molecule has 0 aliphatic carbocycles. The van der Waals surface area contributed by atoms with Crippen LogP contribution in [0.4, 0.5) is 0 Å². The van der Waals surface area contributed by atoms with Gasteiger partial charge in [0.05, 0.1) is 6.20 Å². The molecule has 0 fully saturated rings. The molecule has 72 valence electrons. The largest absolute Gasteiger partial charge is 0.441 e. The van der Waals surface area contributed by atoms with E-state index in [-0.39, 0.29) is 17.7 Å². The highest BCUT2D eigenvalue weighted by molar-refractivity contribution is 5.89. The molecule has 0 aromatic carbocycles. The molecule has 1 rings (SSSR count). The lowest BCUT2D eigenvalue weighted by Gasteiger charge is -2.07. The molecule has 1 atom stereocenters. The van der Waals surface area contributed by atoms with Crippen molar-refractivity contribution in [3.63, 3.8) is 0 Å². The Kier molecular flexibility index (Phi) is 3.45. The molecule has 13 heavy (non-hydrogen) atoms. The fraction of sp³-hybridized carbons (Fsp3) is 0.500. The van der Waals surface area contributed by atoms with E-state index in [4.69, 9.17) is 10.2 Å². The summed E-state index contributed by atoms with van der Waals surface area (Å²) in [5.74, 6) is 0.0495. The van der Waals surface area contributed by atoms with Gasteiger partial charge in [0.25, 0.3) is 5.89 Å².